The molecule has 17 heavy (non-hydrogen) atoms. The number of nitrogens with two attached hydrogens (primary N) is 1. The fraction of sp³-hybridized carbons (Fsp3) is 0.500. The van der Waals surface area contributed by atoms with Crippen molar-refractivity contribution in [3.8, 4) is 0 Å². The molecule has 5 heteroatoms. The molecule has 0 aliphatic rings. The minimum absolute atomic E-state index is 0.00477. The van der Waals surface area contributed by atoms with Gasteiger partial charge in [0.05, 0.1) is 4.92 Å². The number of nitro groups is 1. The van der Waals surface area contributed by atoms with Crippen molar-refractivity contribution in [3.63, 3.8) is 0 Å². The van der Waals surface area contributed by atoms with Crippen LogP contribution >= 0.6 is 0 Å². The molecule has 1 rings (SSSR count). The van der Waals surface area contributed by atoms with E-state index < -0.39 is 0 Å². The molecule has 1 aromatic carbocycles. The molecule has 1 aromatic rings. The second kappa shape index (κ2) is 6.32. The molecular weight excluding hydrogens is 218 g/mol. The first-order chi connectivity index (χ1) is 8.11. The summed E-state index contributed by atoms with van der Waals surface area (Å²) in [5.41, 5.74) is 6.46. The SMILES string of the molecule is CCN(CCN)C(C)c1ccccc1[N+](=O)[O-]. The quantitative estimate of drug-likeness (QED) is 0.606. The molecule has 0 radical (unpaired) electrons. The van der Waals surface area contributed by atoms with E-state index in [4.69, 9.17) is 5.73 Å². The molecule has 0 aromatic heterocycles. The van der Waals surface area contributed by atoms with E-state index in [0.717, 1.165) is 18.7 Å². The van der Waals surface area contributed by atoms with E-state index in [9.17, 15) is 10.1 Å². The second-order valence-electron chi connectivity index (χ2n) is 3.91. The summed E-state index contributed by atoms with van der Waals surface area (Å²) in [5.74, 6) is 0. The normalized spacial score (nSPS) is 12.7. The minimum Gasteiger partial charge on any atom is -0.329 e. The van der Waals surface area contributed by atoms with Gasteiger partial charge in [0.15, 0.2) is 0 Å². The van der Waals surface area contributed by atoms with Crippen LogP contribution in [-0.4, -0.2) is 29.5 Å². The first-order valence-electron chi connectivity index (χ1n) is 5.79. The lowest BCUT2D eigenvalue weighted by molar-refractivity contribution is -0.386. The molecule has 1 unspecified atom stereocenters. The Labute approximate surface area is 101 Å². The zero-order valence-corrected chi connectivity index (χ0v) is 10.3. The number of rotatable bonds is 6. The van der Waals surface area contributed by atoms with Gasteiger partial charge < -0.3 is 5.73 Å². The van der Waals surface area contributed by atoms with Gasteiger partial charge in [-0.2, -0.15) is 0 Å². The highest BCUT2D eigenvalue weighted by Gasteiger charge is 2.21. The van der Waals surface area contributed by atoms with Crippen molar-refractivity contribution in [1.82, 2.24) is 4.90 Å². The van der Waals surface area contributed by atoms with E-state index in [1.807, 2.05) is 26.0 Å². The summed E-state index contributed by atoms with van der Waals surface area (Å²) < 4.78 is 0. The van der Waals surface area contributed by atoms with E-state index in [1.165, 1.54) is 0 Å². The summed E-state index contributed by atoms with van der Waals surface area (Å²) in [5, 5.41) is 11.0. The van der Waals surface area contributed by atoms with Crippen molar-refractivity contribution >= 4 is 5.69 Å². The smallest absolute Gasteiger partial charge is 0.274 e. The van der Waals surface area contributed by atoms with Crippen LogP contribution in [0.5, 0.6) is 0 Å². The molecule has 0 spiro atoms. The molecule has 0 saturated carbocycles. The summed E-state index contributed by atoms with van der Waals surface area (Å²) in [6.07, 6.45) is 0. The summed E-state index contributed by atoms with van der Waals surface area (Å²) >= 11 is 0. The third-order valence-electron chi connectivity index (χ3n) is 2.95. The minimum atomic E-state index is -0.331. The molecule has 5 nitrogen and oxygen atoms in total. The van der Waals surface area contributed by atoms with Crippen LogP contribution in [0.1, 0.15) is 25.5 Å². The van der Waals surface area contributed by atoms with E-state index in [1.54, 1.807) is 12.1 Å². The van der Waals surface area contributed by atoms with Gasteiger partial charge >= 0.3 is 0 Å². The van der Waals surface area contributed by atoms with E-state index in [0.29, 0.717) is 6.54 Å². The summed E-state index contributed by atoms with van der Waals surface area (Å²) in [6.45, 7) is 6.12. The molecule has 0 fully saturated rings. The fourth-order valence-electron chi connectivity index (χ4n) is 2.00. The van der Waals surface area contributed by atoms with Gasteiger partial charge in [-0.15, -0.1) is 0 Å². The number of hydrogen-bond acceptors (Lipinski definition) is 4. The highest BCUT2D eigenvalue weighted by atomic mass is 16.6. The molecule has 0 aliphatic heterocycles. The molecule has 0 heterocycles. The Balaban J connectivity index is 3.01. The number of para-hydroxylation sites is 1. The molecule has 0 aliphatic carbocycles. The molecule has 94 valence electrons. The zero-order chi connectivity index (χ0) is 12.8. The lowest BCUT2D eigenvalue weighted by Crippen LogP contribution is -2.32. The molecule has 0 bridgehead atoms. The number of hydrogen-bond donors (Lipinski definition) is 1. The predicted molar refractivity (Wildman–Crippen MR) is 67.8 cm³/mol. The molecule has 0 amide bonds. The van der Waals surface area contributed by atoms with Gasteiger partial charge in [-0.05, 0) is 13.5 Å². The van der Waals surface area contributed by atoms with Gasteiger partial charge in [-0.25, -0.2) is 0 Å². The maximum Gasteiger partial charge on any atom is 0.274 e. The number of benzene rings is 1. The first-order valence-corrected chi connectivity index (χ1v) is 5.79. The zero-order valence-electron chi connectivity index (χ0n) is 10.3. The van der Waals surface area contributed by atoms with Crippen molar-refractivity contribution in [3.05, 3.63) is 39.9 Å². The molecule has 2 N–H and O–H groups in total. The van der Waals surface area contributed by atoms with Gasteiger partial charge in [0.2, 0.25) is 0 Å². The highest BCUT2D eigenvalue weighted by Crippen LogP contribution is 2.28. The Bertz CT molecular complexity index is 382. The molecular formula is C12H19N3O2. The van der Waals surface area contributed by atoms with Gasteiger partial charge in [0, 0.05) is 30.8 Å². The van der Waals surface area contributed by atoms with Gasteiger partial charge in [-0.1, -0.05) is 25.1 Å². The largest absolute Gasteiger partial charge is 0.329 e. The molecule has 1 atom stereocenters. The number of likely N-dealkylation sites (N-methyl/N-ethyl adjacent to an activating group) is 1. The van der Waals surface area contributed by atoms with Crippen molar-refractivity contribution < 1.29 is 4.92 Å². The van der Waals surface area contributed by atoms with Crippen molar-refractivity contribution in [2.45, 2.75) is 19.9 Å². The van der Waals surface area contributed by atoms with Crippen molar-refractivity contribution in [2.24, 2.45) is 5.73 Å². The van der Waals surface area contributed by atoms with Crippen LogP contribution in [0.4, 0.5) is 5.69 Å². The van der Waals surface area contributed by atoms with Gasteiger partial charge in [-0.3, -0.25) is 15.0 Å². The Kier molecular flexibility index (Phi) is 5.06. The van der Waals surface area contributed by atoms with Crippen LogP contribution in [0.15, 0.2) is 24.3 Å². The summed E-state index contributed by atoms with van der Waals surface area (Å²) in [6, 6.07) is 6.87. The van der Waals surface area contributed by atoms with Crippen LogP contribution in [0.3, 0.4) is 0 Å². The Morgan fingerprint density at radius 1 is 1.47 bits per heavy atom. The molecule has 0 saturated heterocycles. The lowest BCUT2D eigenvalue weighted by Gasteiger charge is -2.27. The second-order valence-corrected chi connectivity index (χ2v) is 3.91. The highest BCUT2D eigenvalue weighted by molar-refractivity contribution is 5.41. The van der Waals surface area contributed by atoms with Crippen LogP contribution in [0.2, 0.25) is 0 Å². The third kappa shape index (κ3) is 3.25. The lowest BCUT2D eigenvalue weighted by atomic mass is 10.0. The van der Waals surface area contributed by atoms with Gasteiger partial charge in [0.25, 0.3) is 5.69 Å². The average Bonchev–Trinajstić information content (AvgIpc) is 2.35. The predicted octanol–water partition coefficient (Wildman–Crippen LogP) is 1.94. The number of nitro benzene ring substituents is 1. The standard InChI is InChI=1S/C12H19N3O2/c1-3-14(9-8-13)10(2)11-6-4-5-7-12(11)15(16)17/h4-7,10H,3,8-9,13H2,1-2H3. The maximum absolute atomic E-state index is 11.0. The van der Waals surface area contributed by atoms with Crippen LogP contribution in [-0.2, 0) is 0 Å². The average molecular weight is 237 g/mol. The monoisotopic (exact) mass is 237 g/mol. The summed E-state index contributed by atoms with van der Waals surface area (Å²) in [7, 11) is 0. The Morgan fingerprint density at radius 2 is 2.12 bits per heavy atom. The maximum atomic E-state index is 11.0. The van der Waals surface area contributed by atoms with Gasteiger partial charge in [0.1, 0.15) is 0 Å². The van der Waals surface area contributed by atoms with Crippen LogP contribution < -0.4 is 5.73 Å². The topological polar surface area (TPSA) is 72.4 Å². The first kappa shape index (κ1) is 13.6. The number of nitrogens with zero attached hydrogens (tertiary/aromatic N) is 2. The van der Waals surface area contributed by atoms with Crippen LogP contribution in [0.25, 0.3) is 0 Å². The van der Waals surface area contributed by atoms with E-state index in [-0.39, 0.29) is 16.7 Å². The van der Waals surface area contributed by atoms with Crippen molar-refractivity contribution in [2.75, 3.05) is 19.6 Å². The Hall–Kier alpha value is -1.46. The Morgan fingerprint density at radius 3 is 2.65 bits per heavy atom. The van der Waals surface area contributed by atoms with E-state index in [2.05, 4.69) is 4.90 Å². The van der Waals surface area contributed by atoms with E-state index >= 15 is 0 Å². The van der Waals surface area contributed by atoms with Crippen LogP contribution in [0, 0.1) is 10.1 Å². The summed E-state index contributed by atoms with van der Waals surface area (Å²) in [4.78, 5) is 12.8. The van der Waals surface area contributed by atoms with Crippen molar-refractivity contribution in [1.29, 1.82) is 0 Å². The fourth-order valence-corrected chi connectivity index (χ4v) is 2.00. The third-order valence-corrected chi connectivity index (χ3v) is 2.95.